The first-order valence-corrected chi connectivity index (χ1v) is 12.6. The Labute approximate surface area is 214 Å². The van der Waals surface area contributed by atoms with Crippen LogP contribution < -0.4 is 10.1 Å². The van der Waals surface area contributed by atoms with Crippen molar-refractivity contribution >= 4 is 29.3 Å². The second-order valence-corrected chi connectivity index (χ2v) is 9.62. The first-order chi connectivity index (χ1) is 16.9. The van der Waals surface area contributed by atoms with Crippen LogP contribution in [0.5, 0.6) is 5.75 Å². The summed E-state index contributed by atoms with van der Waals surface area (Å²) in [7, 11) is 1.59. The van der Waals surface area contributed by atoms with Crippen LogP contribution in [0.25, 0.3) is 5.69 Å². The van der Waals surface area contributed by atoms with Crippen molar-refractivity contribution < 1.29 is 9.53 Å². The lowest BCUT2D eigenvalue weighted by Gasteiger charge is -2.18. The van der Waals surface area contributed by atoms with E-state index in [2.05, 4.69) is 34.6 Å². The molecule has 0 spiro atoms. The van der Waals surface area contributed by atoms with Gasteiger partial charge in [-0.25, -0.2) is 0 Å². The molecule has 4 rings (SSSR count). The maximum Gasteiger partial charge on any atom is 0.251 e. The minimum atomic E-state index is -0.400. The number of ether oxygens (including phenoxy) is 1. The summed E-state index contributed by atoms with van der Waals surface area (Å²) in [6, 6.07) is 20.6. The van der Waals surface area contributed by atoms with Gasteiger partial charge in [0.2, 0.25) is 0 Å². The van der Waals surface area contributed by atoms with E-state index in [1.807, 2.05) is 48.7 Å². The molecule has 1 amide bonds. The minimum absolute atomic E-state index is 0.202. The Morgan fingerprint density at radius 1 is 1.06 bits per heavy atom. The minimum Gasteiger partial charge on any atom is -0.497 e. The Hall–Kier alpha value is -3.29. The fraction of sp³-hybridized carbons (Fsp3) is 0.222. The fourth-order valence-electron chi connectivity index (χ4n) is 3.71. The van der Waals surface area contributed by atoms with Gasteiger partial charge in [-0.2, -0.15) is 0 Å². The van der Waals surface area contributed by atoms with Crippen LogP contribution in [0.4, 0.5) is 0 Å². The third-order valence-electron chi connectivity index (χ3n) is 5.78. The number of hydrogen-bond donors (Lipinski definition) is 1. The number of carbonyl (C=O) groups is 1. The van der Waals surface area contributed by atoms with Gasteiger partial charge in [0.25, 0.3) is 5.91 Å². The SMILES string of the molecule is COc1ccc(C(=O)NC(C)c2nnc(SCc3ccccc3C)n2-c2cc(Cl)ccc2C)cc1. The number of hydrogen-bond acceptors (Lipinski definition) is 5. The Balaban J connectivity index is 1.65. The smallest absolute Gasteiger partial charge is 0.251 e. The zero-order valence-electron chi connectivity index (χ0n) is 20.1. The van der Waals surface area contributed by atoms with E-state index < -0.39 is 6.04 Å². The van der Waals surface area contributed by atoms with Crippen molar-refractivity contribution in [1.29, 1.82) is 0 Å². The largest absolute Gasteiger partial charge is 0.497 e. The third-order valence-corrected chi connectivity index (χ3v) is 6.99. The van der Waals surface area contributed by atoms with Gasteiger partial charge < -0.3 is 10.1 Å². The number of carbonyl (C=O) groups excluding carboxylic acids is 1. The highest BCUT2D eigenvalue weighted by Gasteiger charge is 2.23. The van der Waals surface area contributed by atoms with Crippen LogP contribution in [0.1, 0.15) is 45.8 Å². The van der Waals surface area contributed by atoms with E-state index in [1.165, 1.54) is 11.1 Å². The van der Waals surface area contributed by atoms with E-state index in [0.717, 1.165) is 22.2 Å². The van der Waals surface area contributed by atoms with Gasteiger partial charge in [0.15, 0.2) is 11.0 Å². The molecule has 1 unspecified atom stereocenters. The average Bonchev–Trinajstić information content (AvgIpc) is 3.29. The predicted octanol–water partition coefficient (Wildman–Crippen LogP) is 6.33. The van der Waals surface area contributed by atoms with E-state index >= 15 is 0 Å². The monoisotopic (exact) mass is 506 g/mol. The molecule has 0 radical (unpaired) electrons. The van der Waals surface area contributed by atoms with Crippen LogP contribution in [0, 0.1) is 13.8 Å². The van der Waals surface area contributed by atoms with E-state index in [9.17, 15) is 4.79 Å². The lowest BCUT2D eigenvalue weighted by molar-refractivity contribution is 0.0938. The number of nitrogens with one attached hydrogen (secondary N) is 1. The summed E-state index contributed by atoms with van der Waals surface area (Å²) in [6.07, 6.45) is 0. The molecule has 1 atom stereocenters. The molecule has 0 aliphatic carbocycles. The molecule has 1 aromatic heterocycles. The molecule has 0 saturated heterocycles. The second-order valence-electron chi connectivity index (χ2n) is 8.25. The highest BCUT2D eigenvalue weighted by Crippen LogP contribution is 2.31. The maximum absolute atomic E-state index is 12.9. The first kappa shape index (κ1) is 24.8. The number of rotatable bonds is 8. The number of benzene rings is 3. The van der Waals surface area contributed by atoms with Crippen LogP contribution >= 0.6 is 23.4 Å². The molecule has 8 heteroatoms. The van der Waals surface area contributed by atoms with E-state index in [1.54, 1.807) is 43.1 Å². The summed E-state index contributed by atoms with van der Waals surface area (Å²) in [4.78, 5) is 12.9. The lowest BCUT2D eigenvalue weighted by atomic mass is 10.1. The predicted molar refractivity (Wildman–Crippen MR) is 141 cm³/mol. The van der Waals surface area contributed by atoms with Crippen molar-refractivity contribution in [2.75, 3.05) is 7.11 Å². The first-order valence-electron chi connectivity index (χ1n) is 11.2. The number of thioether (sulfide) groups is 1. The summed E-state index contributed by atoms with van der Waals surface area (Å²) >= 11 is 7.96. The number of aromatic nitrogens is 3. The second kappa shape index (κ2) is 11.0. The van der Waals surface area contributed by atoms with Crippen LogP contribution in [-0.4, -0.2) is 27.8 Å². The molecular formula is C27H27ClN4O2S. The molecule has 4 aromatic rings. The maximum atomic E-state index is 12.9. The van der Waals surface area contributed by atoms with E-state index in [-0.39, 0.29) is 5.91 Å². The van der Waals surface area contributed by atoms with Crippen molar-refractivity contribution in [3.05, 3.63) is 99.8 Å². The molecule has 3 aromatic carbocycles. The molecule has 35 heavy (non-hydrogen) atoms. The normalized spacial score (nSPS) is 11.8. The molecule has 0 fully saturated rings. The molecule has 1 N–H and O–H groups in total. The van der Waals surface area contributed by atoms with Crippen LogP contribution in [0.15, 0.2) is 71.9 Å². The van der Waals surface area contributed by atoms with Gasteiger partial charge in [0, 0.05) is 16.3 Å². The van der Waals surface area contributed by atoms with Gasteiger partial charge in [-0.3, -0.25) is 9.36 Å². The number of nitrogens with zero attached hydrogens (tertiary/aromatic N) is 3. The zero-order chi connectivity index (χ0) is 24.9. The van der Waals surface area contributed by atoms with Crippen molar-refractivity contribution in [2.24, 2.45) is 0 Å². The molecule has 1 heterocycles. The highest BCUT2D eigenvalue weighted by molar-refractivity contribution is 7.98. The van der Waals surface area contributed by atoms with Gasteiger partial charge in [0.1, 0.15) is 5.75 Å². The Kier molecular flexibility index (Phi) is 7.78. The Morgan fingerprint density at radius 3 is 2.51 bits per heavy atom. The molecular weight excluding hydrogens is 480 g/mol. The van der Waals surface area contributed by atoms with Crippen LogP contribution in [0.3, 0.4) is 0 Å². The van der Waals surface area contributed by atoms with E-state index in [4.69, 9.17) is 16.3 Å². The Bertz CT molecular complexity index is 1340. The zero-order valence-corrected chi connectivity index (χ0v) is 21.7. The lowest BCUT2D eigenvalue weighted by Crippen LogP contribution is -2.28. The van der Waals surface area contributed by atoms with Gasteiger partial charge >= 0.3 is 0 Å². The Morgan fingerprint density at radius 2 is 1.80 bits per heavy atom. The number of amides is 1. The van der Waals surface area contributed by atoms with Gasteiger partial charge in [-0.15, -0.1) is 10.2 Å². The molecule has 0 aliphatic rings. The number of methoxy groups -OCH3 is 1. The van der Waals surface area contributed by atoms with Crippen LogP contribution in [-0.2, 0) is 5.75 Å². The van der Waals surface area contributed by atoms with Gasteiger partial charge in [-0.05, 0) is 73.9 Å². The van der Waals surface area contributed by atoms with E-state index in [0.29, 0.717) is 22.2 Å². The van der Waals surface area contributed by atoms with Crippen molar-refractivity contribution in [3.63, 3.8) is 0 Å². The van der Waals surface area contributed by atoms with Crippen molar-refractivity contribution in [3.8, 4) is 11.4 Å². The third kappa shape index (κ3) is 5.69. The summed E-state index contributed by atoms with van der Waals surface area (Å²) in [6.45, 7) is 6.02. The standard InChI is InChI=1S/C27H27ClN4O2S/c1-17-7-5-6-8-21(17)16-35-27-31-30-25(32(27)24-15-22(28)12-9-18(24)2)19(3)29-26(33)20-10-13-23(34-4)14-11-20/h5-15,19H,16H2,1-4H3,(H,29,33). The van der Waals surface area contributed by atoms with Crippen LogP contribution in [0.2, 0.25) is 5.02 Å². The molecule has 0 bridgehead atoms. The molecule has 0 saturated carbocycles. The van der Waals surface area contributed by atoms with Gasteiger partial charge in [-0.1, -0.05) is 53.7 Å². The molecule has 180 valence electrons. The highest BCUT2D eigenvalue weighted by atomic mass is 35.5. The van der Waals surface area contributed by atoms with Gasteiger partial charge in [0.05, 0.1) is 18.8 Å². The summed E-state index contributed by atoms with van der Waals surface area (Å²) < 4.78 is 7.17. The van der Waals surface area contributed by atoms with Crippen molar-refractivity contribution in [2.45, 2.75) is 37.7 Å². The summed E-state index contributed by atoms with van der Waals surface area (Å²) in [5.41, 5.74) is 4.91. The molecule has 6 nitrogen and oxygen atoms in total. The topological polar surface area (TPSA) is 69.0 Å². The summed E-state index contributed by atoms with van der Waals surface area (Å²) in [5, 5.41) is 13.4. The number of aryl methyl sites for hydroxylation is 2. The summed E-state index contributed by atoms with van der Waals surface area (Å²) in [5.74, 6) is 1.87. The fourth-order valence-corrected chi connectivity index (χ4v) is 4.90. The van der Waals surface area contributed by atoms with Crippen molar-refractivity contribution in [1.82, 2.24) is 20.1 Å². The quantitative estimate of drug-likeness (QED) is 0.283. The average molecular weight is 507 g/mol. The number of halogens is 1. The molecule has 0 aliphatic heterocycles.